The maximum atomic E-state index is 11.9. The Morgan fingerprint density at radius 3 is 3.06 bits per heavy atom. The number of aromatic nitrogens is 2. The van der Waals surface area contributed by atoms with Gasteiger partial charge >= 0.3 is 0 Å². The lowest BCUT2D eigenvalue weighted by molar-refractivity contribution is 0.0919. The molecule has 1 aromatic heterocycles. The van der Waals surface area contributed by atoms with Crippen LogP contribution in [-0.4, -0.2) is 33.2 Å². The molecule has 5 nitrogen and oxygen atoms in total. The van der Waals surface area contributed by atoms with Gasteiger partial charge in [0.25, 0.3) is 5.91 Å². The van der Waals surface area contributed by atoms with Gasteiger partial charge in [0.2, 0.25) is 0 Å². The molecule has 0 bridgehead atoms. The first-order valence-corrected chi connectivity index (χ1v) is 6.20. The van der Waals surface area contributed by atoms with Crippen LogP contribution in [0.1, 0.15) is 34.6 Å². The topological polar surface area (TPSA) is 75.1 Å². The minimum Gasteiger partial charge on any atom is -0.396 e. The van der Waals surface area contributed by atoms with Crippen LogP contribution in [0.15, 0.2) is 0 Å². The van der Waals surface area contributed by atoms with Crippen molar-refractivity contribution in [2.45, 2.75) is 32.2 Å². The molecule has 1 aliphatic rings. The van der Waals surface area contributed by atoms with Crippen LogP contribution < -0.4 is 5.32 Å². The van der Waals surface area contributed by atoms with E-state index in [4.69, 9.17) is 5.11 Å². The number of nitrogens with zero attached hydrogens (tertiary/aromatic N) is 2. The van der Waals surface area contributed by atoms with Crippen LogP contribution in [0.3, 0.4) is 0 Å². The third-order valence-electron chi connectivity index (χ3n) is 3.07. The number of aliphatic hydroxyl groups excluding tert-OH is 1. The summed E-state index contributed by atoms with van der Waals surface area (Å²) in [6.07, 6.45) is 3.00. The fourth-order valence-corrected chi connectivity index (χ4v) is 2.68. The molecule has 1 aromatic rings. The molecule has 2 N–H and O–H groups in total. The van der Waals surface area contributed by atoms with Gasteiger partial charge in [0, 0.05) is 18.6 Å². The van der Waals surface area contributed by atoms with E-state index >= 15 is 0 Å². The van der Waals surface area contributed by atoms with E-state index in [1.54, 1.807) is 6.92 Å². The Balaban J connectivity index is 2.00. The summed E-state index contributed by atoms with van der Waals surface area (Å²) < 4.78 is 3.74. The number of amides is 1. The summed E-state index contributed by atoms with van der Waals surface area (Å²) in [5.74, 6) is 0.0861. The van der Waals surface area contributed by atoms with Crippen molar-refractivity contribution in [3.8, 4) is 0 Å². The van der Waals surface area contributed by atoms with Crippen LogP contribution in [0.4, 0.5) is 0 Å². The number of aryl methyl sites for hydroxylation is 1. The smallest absolute Gasteiger partial charge is 0.265 e. The Kier molecular flexibility index (Phi) is 3.50. The van der Waals surface area contributed by atoms with Crippen molar-refractivity contribution < 1.29 is 9.90 Å². The van der Waals surface area contributed by atoms with Gasteiger partial charge in [0.05, 0.1) is 5.69 Å². The highest BCUT2D eigenvalue weighted by atomic mass is 32.1. The van der Waals surface area contributed by atoms with Crippen LogP contribution in [0.2, 0.25) is 0 Å². The molecule has 1 amide bonds. The van der Waals surface area contributed by atoms with Crippen LogP contribution in [0.5, 0.6) is 0 Å². The van der Waals surface area contributed by atoms with Crippen molar-refractivity contribution in [2.75, 3.05) is 6.61 Å². The third kappa shape index (κ3) is 2.22. The number of carbonyl (C=O) groups is 1. The largest absolute Gasteiger partial charge is 0.396 e. The Labute approximate surface area is 98.0 Å². The van der Waals surface area contributed by atoms with Gasteiger partial charge in [0.1, 0.15) is 4.88 Å². The molecule has 1 aliphatic carbocycles. The summed E-state index contributed by atoms with van der Waals surface area (Å²) in [6, 6.07) is 0.0963. The maximum Gasteiger partial charge on any atom is 0.265 e. The summed E-state index contributed by atoms with van der Waals surface area (Å²) in [7, 11) is 0. The van der Waals surface area contributed by atoms with Crippen LogP contribution >= 0.6 is 11.5 Å². The van der Waals surface area contributed by atoms with Gasteiger partial charge in [0.15, 0.2) is 0 Å². The average molecular weight is 241 g/mol. The molecule has 2 atom stereocenters. The molecule has 0 radical (unpaired) electrons. The highest BCUT2D eigenvalue weighted by Gasteiger charge is 2.28. The zero-order valence-corrected chi connectivity index (χ0v) is 9.96. The van der Waals surface area contributed by atoms with Gasteiger partial charge < -0.3 is 10.4 Å². The molecule has 1 fully saturated rings. The van der Waals surface area contributed by atoms with Gasteiger partial charge in [-0.05, 0) is 31.3 Å². The van der Waals surface area contributed by atoms with E-state index < -0.39 is 0 Å². The van der Waals surface area contributed by atoms with Crippen molar-refractivity contribution in [1.82, 2.24) is 14.9 Å². The molecule has 88 valence electrons. The minimum atomic E-state index is -0.113. The number of aliphatic hydroxyl groups is 1. The second-order valence-corrected chi connectivity index (χ2v) is 4.90. The van der Waals surface area contributed by atoms with E-state index in [2.05, 4.69) is 14.9 Å². The number of carbonyl (C=O) groups excluding carboxylic acids is 1. The van der Waals surface area contributed by atoms with Crippen LogP contribution in [0, 0.1) is 12.8 Å². The lowest BCUT2D eigenvalue weighted by Gasteiger charge is -2.18. The van der Waals surface area contributed by atoms with Crippen molar-refractivity contribution in [3.05, 3.63) is 10.6 Å². The first-order valence-electron chi connectivity index (χ1n) is 5.43. The van der Waals surface area contributed by atoms with Gasteiger partial charge in [-0.3, -0.25) is 4.79 Å². The molecule has 1 heterocycles. The summed E-state index contributed by atoms with van der Waals surface area (Å²) in [4.78, 5) is 12.5. The van der Waals surface area contributed by atoms with Crippen LogP contribution in [0.25, 0.3) is 0 Å². The molecule has 0 saturated heterocycles. The van der Waals surface area contributed by atoms with Crippen molar-refractivity contribution in [3.63, 3.8) is 0 Å². The monoisotopic (exact) mass is 241 g/mol. The second-order valence-electron chi connectivity index (χ2n) is 4.14. The van der Waals surface area contributed by atoms with Crippen LogP contribution in [-0.2, 0) is 0 Å². The standard InChI is InChI=1S/C10H15N3O2S/c1-6-9(16-13-12-6)10(15)11-8-4-2-3-7(8)5-14/h7-8,14H,2-5H2,1H3,(H,11,15). The molecule has 2 rings (SSSR count). The fourth-order valence-electron chi connectivity index (χ4n) is 2.12. The molecule has 0 spiro atoms. The highest BCUT2D eigenvalue weighted by molar-refractivity contribution is 7.08. The second kappa shape index (κ2) is 4.88. The molecular formula is C10H15N3O2S. The summed E-state index contributed by atoms with van der Waals surface area (Å²) in [5.41, 5.74) is 0.668. The van der Waals surface area contributed by atoms with E-state index in [9.17, 15) is 4.79 Å². The first kappa shape index (κ1) is 11.5. The van der Waals surface area contributed by atoms with E-state index in [0.717, 1.165) is 30.8 Å². The summed E-state index contributed by atoms with van der Waals surface area (Å²) in [6.45, 7) is 1.92. The first-order chi connectivity index (χ1) is 7.72. The lowest BCUT2D eigenvalue weighted by Crippen LogP contribution is -2.38. The molecule has 16 heavy (non-hydrogen) atoms. The van der Waals surface area contributed by atoms with Crippen molar-refractivity contribution >= 4 is 17.4 Å². The number of hydrogen-bond donors (Lipinski definition) is 2. The fraction of sp³-hybridized carbons (Fsp3) is 0.700. The van der Waals surface area contributed by atoms with E-state index in [0.29, 0.717) is 10.6 Å². The van der Waals surface area contributed by atoms with E-state index in [-0.39, 0.29) is 24.5 Å². The lowest BCUT2D eigenvalue weighted by atomic mass is 10.1. The quantitative estimate of drug-likeness (QED) is 0.818. The normalized spacial score (nSPS) is 24.6. The molecule has 0 aliphatic heterocycles. The molecule has 2 unspecified atom stereocenters. The number of nitrogens with one attached hydrogen (secondary N) is 1. The maximum absolute atomic E-state index is 11.9. The highest BCUT2D eigenvalue weighted by Crippen LogP contribution is 2.25. The van der Waals surface area contributed by atoms with Gasteiger partial charge in [-0.25, -0.2) is 0 Å². The number of hydrogen-bond acceptors (Lipinski definition) is 5. The molecule has 0 aromatic carbocycles. The van der Waals surface area contributed by atoms with E-state index in [1.807, 2.05) is 0 Å². The van der Waals surface area contributed by atoms with Gasteiger partial charge in [-0.15, -0.1) is 5.10 Å². The Hall–Kier alpha value is -1.01. The van der Waals surface area contributed by atoms with Crippen molar-refractivity contribution in [1.29, 1.82) is 0 Å². The van der Waals surface area contributed by atoms with Gasteiger partial charge in [-0.2, -0.15) is 0 Å². The number of rotatable bonds is 3. The Morgan fingerprint density at radius 2 is 2.44 bits per heavy atom. The predicted octanol–water partition coefficient (Wildman–Crippen LogP) is 0.737. The SMILES string of the molecule is Cc1nnsc1C(=O)NC1CCCC1CO. The Bertz CT molecular complexity index is 380. The molecule has 1 saturated carbocycles. The molecule has 6 heteroatoms. The molecular weight excluding hydrogens is 226 g/mol. The van der Waals surface area contributed by atoms with E-state index in [1.165, 1.54) is 0 Å². The third-order valence-corrected chi connectivity index (χ3v) is 3.89. The zero-order valence-electron chi connectivity index (χ0n) is 9.14. The predicted molar refractivity (Wildman–Crippen MR) is 60.3 cm³/mol. The zero-order chi connectivity index (χ0) is 11.5. The summed E-state index contributed by atoms with van der Waals surface area (Å²) >= 11 is 1.11. The average Bonchev–Trinajstić information content (AvgIpc) is 2.86. The van der Waals surface area contributed by atoms with Crippen molar-refractivity contribution in [2.24, 2.45) is 5.92 Å². The summed E-state index contributed by atoms with van der Waals surface area (Å²) in [5, 5.41) is 15.9. The van der Waals surface area contributed by atoms with Gasteiger partial charge in [-0.1, -0.05) is 10.9 Å². The Morgan fingerprint density at radius 1 is 1.62 bits per heavy atom. The minimum absolute atomic E-state index is 0.0963.